The lowest BCUT2D eigenvalue weighted by atomic mass is 9.95. The second kappa shape index (κ2) is 9.43. The lowest BCUT2D eigenvalue weighted by Gasteiger charge is -2.32. The van der Waals surface area contributed by atoms with Gasteiger partial charge in [-0.2, -0.15) is 4.98 Å². The van der Waals surface area contributed by atoms with Gasteiger partial charge in [0.15, 0.2) is 0 Å². The Kier molecular flexibility index (Phi) is 6.46. The molecule has 164 valence electrons. The van der Waals surface area contributed by atoms with E-state index in [1.54, 1.807) is 6.92 Å². The molecular weight excluding hydrogens is 394 g/mol. The van der Waals surface area contributed by atoms with Crippen molar-refractivity contribution in [3.8, 4) is 0 Å². The summed E-state index contributed by atoms with van der Waals surface area (Å²) in [6.07, 6.45) is 3.64. The minimum atomic E-state index is -0.529. The molecule has 8 nitrogen and oxygen atoms in total. The molecule has 31 heavy (non-hydrogen) atoms. The first-order chi connectivity index (χ1) is 15.0. The zero-order chi connectivity index (χ0) is 21.8. The van der Waals surface area contributed by atoms with Crippen LogP contribution in [0, 0.1) is 19.8 Å². The predicted molar refractivity (Wildman–Crippen MR) is 118 cm³/mol. The second-order valence-corrected chi connectivity index (χ2v) is 8.18. The van der Waals surface area contributed by atoms with Crippen molar-refractivity contribution in [3.05, 3.63) is 46.9 Å². The van der Waals surface area contributed by atoms with Crippen molar-refractivity contribution in [3.63, 3.8) is 0 Å². The molecule has 0 aliphatic carbocycles. The third-order valence-corrected chi connectivity index (χ3v) is 5.91. The Morgan fingerprint density at radius 2 is 2.06 bits per heavy atom. The number of likely N-dealkylation sites (tertiary alicyclic amines) is 1. The van der Waals surface area contributed by atoms with Crippen molar-refractivity contribution in [1.29, 1.82) is 0 Å². The first-order valence-corrected chi connectivity index (χ1v) is 10.8. The summed E-state index contributed by atoms with van der Waals surface area (Å²) in [5.41, 5.74) is 4.48. The van der Waals surface area contributed by atoms with Crippen LogP contribution in [0.1, 0.15) is 46.9 Å². The summed E-state index contributed by atoms with van der Waals surface area (Å²) >= 11 is 0. The molecule has 3 aromatic rings. The summed E-state index contributed by atoms with van der Waals surface area (Å²) in [6.45, 7) is 10.3. The highest BCUT2D eigenvalue weighted by Crippen LogP contribution is 2.26. The number of nitrogens with zero attached hydrogens (tertiary/aromatic N) is 4. The van der Waals surface area contributed by atoms with Gasteiger partial charge < -0.3 is 14.6 Å². The summed E-state index contributed by atoms with van der Waals surface area (Å²) in [7, 11) is 0. The molecule has 0 saturated carbocycles. The highest BCUT2D eigenvalue weighted by molar-refractivity contribution is 6.04. The number of nitrogens with one attached hydrogen (secondary N) is 1. The maximum atomic E-state index is 12.2. The van der Waals surface area contributed by atoms with Gasteiger partial charge in [0.1, 0.15) is 17.5 Å². The molecule has 0 amide bonds. The van der Waals surface area contributed by atoms with E-state index in [1.165, 1.54) is 23.0 Å². The van der Waals surface area contributed by atoms with Gasteiger partial charge in [0.2, 0.25) is 5.69 Å². The van der Waals surface area contributed by atoms with Gasteiger partial charge in [-0.3, -0.25) is 4.90 Å². The number of aromatic nitrogens is 3. The molecule has 3 heterocycles. The van der Waals surface area contributed by atoms with Crippen LogP contribution < -0.4 is 5.32 Å². The first-order valence-electron chi connectivity index (χ1n) is 10.8. The van der Waals surface area contributed by atoms with E-state index in [9.17, 15) is 4.79 Å². The summed E-state index contributed by atoms with van der Waals surface area (Å²) in [6, 6.07) is 6.67. The Hall–Kier alpha value is -3.00. The lowest BCUT2D eigenvalue weighted by molar-refractivity contribution is 0.0517. The Balaban J connectivity index is 1.36. The minimum Gasteiger partial charge on any atom is -0.461 e. The third kappa shape index (κ3) is 4.85. The number of esters is 1. The number of rotatable bonds is 7. The van der Waals surface area contributed by atoms with Gasteiger partial charge in [-0.15, -0.1) is 0 Å². The number of aryl methyl sites for hydroxylation is 2. The van der Waals surface area contributed by atoms with Gasteiger partial charge in [0, 0.05) is 13.1 Å². The van der Waals surface area contributed by atoms with E-state index in [-0.39, 0.29) is 18.0 Å². The highest BCUT2D eigenvalue weighted by atomic mass is 16.5. The van der Waals surface area contributed by atoms with Gasteiger partial charge >= 0.3 is 5.97 Å². The molecule has 4 rings (SSSR count). The van der Waals surface area contributed by atoms with E-state index in [1.807, 2.05) is 0 Å². The Morgan fingerprint density at radius 1 is 1.26 bits per heavy atom. The highest BCUT2D eigenvalue weighted by Gasteiger charge is 2.24. The van der Waals surface area contributed by atoms with Crippen molar-refractivity contribution >= 4 is 22.9 Å². The molecule has 1 saturated heterocycles. The van der Waals surface area contributed by atoms with Crippen molar-refractivity contribution in [1.82, 2.24) is 20.0 Å². The van der Waals surface area contributed by atoms with Gasteiger partial charge in [0.05, 0.1) is 6.61 Å². The topological polar surface area (TPSA) is 93.4 Å². The number of hydrogen-bond donors (Lipinski definition) is 1. The van der Waals surface area contributed by atoms with Crippen LogP contribution in [0.15, 0.2) is 29.0 Å². The number of piperidine rings is 1. The third-order valence-electron chi connectivity index (χ3n) is 5.91. The zero-order valence-electron chi connectivity index (χ0n) is 18.4. The molecule has 0 spiro atoms. The summed E-state index contributed by atoms with van der Waals surface area (Å²) < 4.78 is 10.3. The quantitative estimate of drug-likeness (QED) is 0.575. The molecule has 1 aliphatic heterocycles. The molecule has 0 atom stereocenters. The second-order valence-electron chi connectivity index (χ2n) is 8.18. The van der Waals surface area contributed by atoms with E-state index in [0.29, 0.717) is 17.1 Å². The van der Waals surface area contributed by atoms with Gasteiger partial charge in [-0.05, 0) is 63.7 Å². The normalized spacial score (nSPS) is 15.3. The predicted octanol–water partition coefficient (Wildman–Crippen LogP) is 3.74. The van der Waals surface area contributed by atoms with Crippen LogP contribution in [0.5, 0.6) is 0 Å². The number of carbonyl (C=O) groups excluding carboxylic acids is 1. The molecule has 0 unspecified atom stereocenters. The maximum absolute atomic E-state index is 12.2. The molecular formula is C23H29N5O3. The summed E-state index contributed by atoms with van der Waals surface area (Å²) in [5, 5.41) is 7.70. The Labute approximate surface area is 182 Å². The fraction of sp³-hybridized carbons (Fsp3) is 0.478. The number of carbonyl (C=O) groups is 1. The molecule has 0 bridgehead atoms. The first kappa shape index (κ1) is 21.2. The largest absolute Gasteiger partial charge is 0.461 e. The van der Waals surface area contributed by atoms with E-state index in [4.69, 9.17) is 9.26 Å². The number of ether oxygens (including phenoxy) is 1. The fourth-order valence-electron chi connectivity index (χ4n) is 4.06. The standard InChI is InChI=1S/C23H29N5O3/c1-4-30-23(29)20-19-21(25-14-26-22(19)31-27-20)24-12-17-7-9-28(10-8-17)13-18-11-15(2)5-6-16(18)3/h5-6,11,14,17H,4,7-10,12-13H2,1-3H3,(H,24,25,26). The van der Waals surface area contributed by atoms with Gasteiger partial charge in [0.25, 0.3) is 5.71 Å². The monoisotopic (exact) mass is 423 g/mol. The fourth-order valence-corrected chi connectivity index (χ4v) is 4.06. The van der Waals surface area contributed by atoms with Crippen LogP contribution in [0.2, 0.25) is 0 Å². The van der Waals surface area contributed by atoms with Crippen LogP contribution in [-0.4, -0.2) is 52.2 Å². The average molecular weight is 424 g/mol. The summed E-state index contributed by atoms with van der Waals surface area (Å²) in [4.78, 5) is 23.1. The van der Waals surface area contributed by atoms with Crippen LogP contribution >= 0.6 is 0 Å². The lowest BCUT2D eigenvalue weighted by Crippen LogP contribution is -2.35. The van der Waals surface area contributed by atoms with Crippen LogP contribution in [0.25, 0.3) is 11.1 Å². The Morgan fingerprint density at radius 3 is 2.84 bits per heavy atom. The molecule has 2 aromatic heterocycles. The number of anilines is 1. The van der Waals surface area contributed by atoms with Crippen LogP contribution in [0.3, 0.4) is 0 Å². The molecule has 1 aromatic carbocycles. The Bertz CT molecular complexity index is 1060. The van der Waals surface area contributed by atoms with Crippen molar-refractivity contribution in [2.75, 3.05) is 31.6 Å². The smallest absolute Gasteiger partial charge is 0.361 e. The average Bonchev–Trinajstić information content (AvgIpc) is 3.21. The van der Waals surface area contributed by atoms with Gasteiger partial charge in [-0.1, -0.05) is 28.9 Å². The van der Waals surface area contributed by atoms with E-state index in [2.05, 4.69) is 57.4 Å². The number of benzene rings is 1. The van der Waals surface area contributed by atoms with Crippen molar-refractivity contribution in [2.24, 2.45) is 5.92 Å². The molecule has 1 fully saturated rings. The van der Waals surface area contributed by atoms with Gasteiger partial charge in [-0.25, -0.2) is 9.78 Å². The van der Waals surface area contributed by atoms with Crippen molar-refractivity contribution < 1.29 is 14.1 Å². The molecule has 1 aliphatic rings. The molecule has 8 heteroatoms. The van der Waals surface area contributed by atoms with Crippen LogP contribution in [0.4, 0.5) is 5.82 Å². The van der Waals surface area contributed by atoms with E-state index in [0.717, 1.165) is 39.0 Å². The van der Waals surface area contributed by atoms with Crippen molar-refractivity contribution in [2.45, 2.75) is 40.2 Å². The SMILES string of the molecule is CCOC(=O)c1noc2ncnc(NCC3CCN(Cc4cc(C)ccc4C)CC3)c12. The molecule has 0 radical (unpaired) electrons. The number of hydrogen-bond acceptors (Lipinski definition) is 8. The van der Waals surface area contributed by atoms with E-state index < -0.39 is 5.97 Å². The zero-order valence-corrected chi connectivity index (χ0v) is 18.4. The summed E-state index contributed by atoms with van der Waals surface area (Å²) in [5.74, 6) is 0.566. The maximum Gasteiger partial charge on any atom is 0.361 e. The van der Waals surface area contributed by atoms with E-state index >= 15 is 0 Å². The minimum absolute atomic E-state index is 0.114. The van der Waals surface area contributed by atoms with Crippen LogP contribution in [-0.2, 0) is 11.3 Å². The number of fused-ring (bicyclic) bond motifs is 1. The molecule has 1 N–H and O–H groups in total.